The van der Waals surface area contributed by atoms with Crippen LogP contribution in [0.2, 0.25) is 0 Å². The molecule has 94 valence electrons. The van der Waals surface area contributed by atoms with Crippen molar-refractivity contribution in [1.29, 1.82) is 0 Å². The molecule has 2 unspecified atom stereocenters. The standard InChI is InChI=1S/C10H10F3NO3/c11-10(12,13)9(17)14-2-1-6-5(3-7(6)14)4-8(15)16/h4,6-7H,1-3H2,(H,15,16)/b5-4-. The molecule has 2 aliphatic rings. The van der Waals surface area contributed by atoms with Gasteiger partial charge in [-0.2, -0.15) is 13.2 Å². The molecule has 1 saturated heterocycles. The predicted molar refractivity (Wildman–Crippen MR) is 50.0 cm³/mol. The third-order valence-corrected chi connectivity index (χ3v) is 3.28. The first kappa shape index (κ1) is 11.9. The van der Waals surface area contributed by atoms with Crippen LogP contribution >= 0.6 is 0 Å². The predicted octanol–water partition coefficient (Wildman–Crippen LogP) is 1.18. The van der Waals surface area contributed by atoms with Crippen LogP contribution in [-0.4, -0.2) is 40.6 Å². The van der Waals surface area contributed by atoms with E-state index in [4.69, 9.17) is 5.11 Å². The third-order valence-electron chi connectivity index (χ3n) is 3.28. The Labute approximate surface area is 94.7 Å². The summed E-state index contributed by atoms with van der Waals surface area (Å²) in [5.74, 6) is -3.13. The van der Waals surface area contributed by atoms with Crippen molar-refractivity contribution < 1.29 is 27.9 Å². The van der Waals surface area contributed by atoms with Gasteiger partial charge in [0.1, 0.15) is 0 Å². The van der Waals surface area contributed by atoms with E-state index in [1.807, 2.05) is 0 Å². The smallest absolute Gasteiger partial charge is 0.471 e. The molecule has 0 radical (unpaired) electrons. The van der Waals surface area contributed by atoms with Gasteiger partial charge in [-0.05, 0) is 12.8 Å². The molecule has 0 aromatic carbocycles. The molecule has 1 aliphatic heterocycles. The van der Waals surface area contributed by atoms with Crippen molar-refractivity contribution >= 4 is 11.9 Å². The van der Waals surface area contributed by atoms with E-state index in [0.717, 1.165) is 11.0 Å². The summed E-state index contributed by atoms with van der Waals surface area (Å²) in [5, 5.41) is 8.54. The molecule has 2 rings (SSSR count). The summed E-state index contributed by atoms with van der Waals surface area (Å²) in [6.45, 7) is 0.0463. The zero-order chi connectivity index (χ0) is 12.8. The molecular formula is C10H10F3NO3. The molecule has 0 spiro atoms. The summed E-state index contributed by atoms with van der Waals surface area (Å²) in [7, 11) is 0. The van der Waals surface area contributed by atoms with Gasteiger partial charge < -0.3 is 10.0 Å². The number of aliphatic carboxylic acids is 1. The molecule has 2 fully saturated rings. The minimum absolute atomic E-state index is 0.0463. The van der Waals surface area contributed by atoms with Gasteiger partial charge in [-0.15, -0.1) is 0 Å². The summed E-state index contributed by atoms with van der Waals surface area (Å²) < 4.78 is 36.7. The molecule has 1 aliphatic carbocycles. The second kappa shape index (κ2) is 3.75. The molecule has 1 saturated carbocycles. The number of halogens is 3. The van der Waals surface area contributed by atoms with E-state index < -0.39 is 24.1 Å². The second-order valence-electron chi connectivity index (χ2n) is 4.22. The van der Waals surface area contributed by atoms with E-state index in [-0.39, 0.29) is 18.9 Å². The number of carbonyl (C=O) groups is 2. The average molecular weight is 249 g/mol. The van der Waals surface area contributed by atoms with Gasteiger partial charge in [-0.3, -0.25) is 4.79 Å². The molecule has 1 heterocycles. The van der Waals surface area contributed by atoms with Crippen molar-refractivity contribution in [3.8, 4) is 0 Å². The van der Waals surface area contributed by atoms with Crippen LogP contribution in [0.4, 0.5) is 13.2 Å². The number of hydrogen-bond acceptors (Lipinski definition) is 2. The van der Waals surface area contributed by atoms with Gasteiger partial charge in [0, 0.05) is 24.6 Å². The summed E-state index contributed by atoms with van der Waals surface area (Å²) in [5.41, 5.74) is 0.625. The Hall–Kier alpha value is -1.53. The highest BCUT2D eigenvalue weighted by atomic mass is 19.4. The van der Waals surface area contributed by atoms with E-state index in [1.54, 1.807) is 0 Å². The van der Waals surface area contributed by atoms with Crippen molar-refractivity contribution in [3.63, 3.8) is 0 Å². The van der Waals surface area contributed by atoms with Gasteiger partial charge >= 0.3 is 18.1 Å². The lowest BCUT2D eigenvalue weighted by atomic mass is 9.74. The summed E-state index contributed by atoms with van der Waals surface area (Å²) in [6.07, 6.45) is -3.17. The van der Waals surface area contributed by atoms with Crippen LogP contribution in [0.25, 0.3) is 0 Å². The first-order valence-electron chi connectivity index (χ1n) is 5.12. The van der Waals surface area contributed by atoms with Crippen LogP contribution in [0.3, 0.4) is 0 Å². The molecule has 1 N–H and O–H groups in total. The Morgan fingerprint density at radius 2 is 2.06 bits per heavy atom. The zero-order valence-electron chi connectivity index (χ0n) is 8.70. The Bertz CT molecular complexity index is 402. The molecular weight excluding hydrogens is 239 g/mol. The first-order valence-corrected chi connectivity index (χ1v) is 5.12. The maximum absolute atomic E-state index is 12.2. The van der Waals surface area contributed by atoms with Crippen molar-refractivity contribution in [1.82, 2.24) is 4.90 Å². The van der Waals surface area contributed by atoms with Crippen LogP contribution < -0.4 is 0 Å². The van der Waals surface area contributed by atoms with Gasteiger partial charge in [-0.1, -0.05) is 5.57 Å². The fourth-order valence-electron chi connectivity index (χ4n) is 2.51. The van der Waals surface area contributed by atoms with Crippen molar-refractivity contribution in [2.24, 2.45) is 5.92 Å². The Morgan fingerprint density at radius 3 is 2.59 bits per heavy atom. The number of likely N-dealkylation sites (tertiary alicyclic amines) is 1. The van der Waals surface area contributed by atoms with Gasteiger partial charge in [0.2, 0.25) is 0 Å². The number of carboxylic acids is 1. The second-order valence-corrected chi connectivity index (χ2v) is 4.22. The lowest BCUT2D eigenvalue weighted by Gasteiger charge is -2.38. The molecule has 7 heteroatoms. The number of carboxylic acid groups (broad SMARTS) is 1. The quantitative estimate of drug-likeness (QED) is 0.710. The summed E-state index contributed by atoms with van der Waals surface area (Å²) >= 11 is 0. The average Bonchev–Trinajstić information content (AvgIpc) is 2.49. The lowest BCUT2D eigenvalue weighted by molar-refractivity contribution is -0.187. The highest BCUT2D eigenvalue weighted by molar-refractivity contribution is 5.84. The van der Waals surface area contributed by atoms with Crippen molar-refractivity contribution in [2.45, 2.75) is 25.1 Å². The number of amides is 1. The Kier molecular flexibility index (Phi) is 2.63. The van der Waals surface area contributed by atoms with Gasteiger partial charge in [0.15, 0.2) is 0 Å². The Balaban J connectivity index is 2.06. The molecule has 17 heavy (non-hydrogen) atoms. The van der Waals surface area contributed by atoms with Crippen LogP contribution in [0.15, 0.2) is 11.6 Å². The van der Waals surface area contributed by atoms with Gasteiger partial charge in [0.05, 0.1) is 0 Å². The highest BCUT2D eigenvalue weighted by Crippen LogP contribution is 2.45. The molecule has 4 nitrogen and oxygen atoms in total. The third kappa shape index (κ3) is 2.01. The fraction of sp³-hybridized carbons (Fsp3) is 0.600. The number of rotatable bonds is 1. The fourth-order valence-corrected chi connectivity index (χ4v) is 2.51. The van der Waals surface area contributed by atoms with E-state index in [0.29, 0.717) is 12.0 Å². The Morgan fingerprint density at radius 1 is 1.41 bits per heavy atom. The number of fused-ring (bicyclic) bond motifs is 1. The number of carbonyl (C=O) groups excluding carboxylic acids is 1. The number of alkyl halides is 3. The topological polar surface area (TPSA) is 57.6 Å². The highest BCUT2D eigenvalue weighted by Gasteiger charge is 2.53. The number of hydrogen-bond donors (Lipinski definition) is 1. The van der Waals surface area contributed by atoms with Crippen LogP contribution in [0.1, 0.15) is 12.8 Å². The maximum atomic E-state index is 12.2. The van der Waals surface area contributed by atoms with Crippen LogP contribution in [0, 0.1) is 5.92 Å². The van der Waals surface area contributed by atoms with E-state index in [1.165, 1.54) is 0 Å². The normalized spacial score (nSPS) is 30.1. The van der Waals surface area contributed by atoms with Crippen LogP contribution in [-0.2, 0) is 9.59 Å². The zero-order valence-corrected chi connectivity index (χ0v) is 8.70. The van der Waals surface area contributed by atoms with Gasteiger partial charge in [0.25, 0.3) is 0 Å². The summed E-state index contributed by atoms with van der Waals surface area (Å²) in [4.78, 5) is 22.3. The van der Waals surface area contributed by atoms with E-state index in [9.17, 15) is 22.8 Å². The summed E-state index contributed by atoms with van der Waals surface area (Å²) in [6, 6.07) is -0.477. The van der Waals surface area contributed by atoms with Crippen molar-refractivity contribution in [2.75, 3.05) is 6.54 Å². The lowest BCUT2D eigenvalue weighted by Crippen LogP contribution is -2.49. The van der Waals surface area contributed by atoms with E-state index >= 15 is 0 Å². The molecule has 0 aromatic heterocycles. The van der Waals surface area contributed by atoms with Gasteiger partial charge in [-0.25, -0.2) is 4.79 Å². The number of nitrogens with zero attached hydrogens (tertiary/aromatic N) is 1. The van der Waals surface area contributed by atoms with E-state index in [2.05, 4.69) is 0 Å². The monoisotopic (exact) mass is 249 g/mol. The van der Waals surface area contributed by atoms with Crippen molar-refractivity contribution in [3.05, 3.63) is 11.6 Å². The largest absolute Gasteiger partial charge is 0.478 e. The molecule has 2 atom stereocenters. The molecule has 1 amide bonds. The minimum Gasteiger partial charge on any atom is -0.478 e. The van der Waals surface area contributed by atoms with Crippen LogP contribution in [0.5, 0.6) is 0 Å². The SMILES string of the molecule is O=C(O)/C=C1/CC2C1CCN2C(=O)C(F)(F)F. The molecule has 0 bridgehead atoms. The molecule has 0 aromatic rings. The minimum atomic E-state index is -4.85. The first-order chi connectivity index (χ1) is 7.80. The maximum Gasteiger partial charge on any atom is 0.471 e.